The molecule has 0 spiro atoms. The van der Waals surface area contributed by atoms with Gasteiger partial charge in [-0.3, -0.25) is 12.2 Å². The van der Waals surface area contributed by atoms with E-state index in [9.17, 15) is 0 Å². The van der Waals surface area contributed by atoms with Crippen molar-refractivity contribution in [3.8, 4) is 0 Å². The second kappa shape index (κ2) is 14.4. The second-order valence-corrected chi connectivity index (χ2v) is 3.36. The first kappa shape index (κ1) is 22.5. The Morgan fingerprint density at radius 1 is 1.06 bits per heavy atom. The van der Waals surface area contributed by atoms with E-state index in [0.29, 0.717) is 0 Å². The summed E-state index contributed by atoms with van der Waals surface area (Å²) in [5.41, 5.74) is 3.98. The van der Waals surface area contributed by atoms with Crippen molar-refractivity contribution in [2.45, 2.75) is 33.6 Å². The number of halogens is 2. The summed E-state index contributed by atoms with van der Waals surface area (Å²) in [5.74, 6) is 0. The molecule has 0 aromatic carbocycles. The Morgan fingerprint density at radius 2 is 1.65 bits per heavy atom. The maximum absolute atomic E-state index is 3.34. The summed E-state index contributed by atoms with van der Waals surface area (Å²) in [6, 6.07) is 0. The average Bonchev–Trinajstić information content (AvgIpc) is 2.84. The van der Waals surface area contributed by atoms with Gasteiger partial charge in [0.1, 0.15) is 0 Å². The summed E-state index contributed by atoms with van der Waals surface area (Å²) in [7, 11) is 0. The zero-order valence-corrected chi connectivity index (χ0v) is 14.8. The van der Waals surface area contributed by atoms with Crippen molar-refractivity contribution in [2.24, 2.45) is 0 Å². The fraction of sp³-hybridized carbons (Fsp3) is 0.357. The van der Waals surface area contributed by atoms with E-state index in [4.69, 9.17) is 0 Å². The van der Waals surface area contributed by atoms with Gasteiger partial charge in [-0.2, -0.15) is 12.2 Å². The fourth-order valence-electron chi connectivity index (χ4n) is 1.16. The Morgan fingerprint density at radius 3 is 1.76 bits per heavy atom. The van der Waals surface area contributed by atoms with Gasteiger partial charge in [0.2, 0.25) is 0 Å². The van der Waals surface area contributed by atoms with Crippen molar-refractivity contribution in [3.63, 3.8) is 0 Å². The van der Waals surface area contributed by atoms with Gasteiger partial charge in [-0.15, -0.1) is 44.6 Å². The molecule has 0 N–H and O–H groups in total. The number of hydrogen-bond donors (Lipinski definition) is 0. The molecule has 0 aromatic heterocycles. The van der Waals surface area contributed by atoms with Crippen LogP contribution in [0.5, 0.6) is 0 Å². The average molecular weight is 350 g/mol. The Kier molecular flexibility index (Phi) is 19.0. The molecule has 0 saturated carbocycles. The van der Waals surface area contributed by atoms with Crippen molar-refractivity contribution >= 4 is 29.0 Å². The monoisotopic (exact) mass is 348 g/mol. The third kappa shape index (κ3) is 11.1. The first-order chi connectivity index (χ1) is 7.20. The third-order valence-corrected chi connectivity index (χ3v) is 2.23. The van der Waals surface area contributed by atoms with Gasteiger partial charge < -0.3 is 0 Å². The summed E-state index contributed by atoms with van der Waals surface area (Å²) in [6.07, 6.45) is 14.7. The molecule has 0 nitrogen and oxygen atoms in total. The normalized spacial score (nSPS) is 14.8. The van der Waals surface area contributed by atoms with Crippen molar-refractivity contribution in [1.82, 2.24) is 0 Å². The van der Waals surface area contributed by atoms with Crippen molar-refractivity contribution in [2.75, 3.05) is 0 Å². The summed E-state index contributed by atoms with van der Waals surface area (Å²) in [6.45, 7) is 6.28. The van der Waals surface area contributed by atoms with Gasteiger partial charge in [0.15, 0.2) is 0 Å². The van der Waals surface area contributed by atoms with E-state index in [2.05, 4.69) is 55.4 Å². The molecule has 0 saturated heterocycles. The van der Waals surface area contributed by atoms with Crippen molar-refractivity contribution < 1.29 is 24.2 Å². The van der Waals surface area contributed by atoms with Gasteiger partial charge in [0, 0.05) is 0 Å². The van der Waals surface area contributed by atoms with Crippen LogP contribution >= 0.6 is 24.8 Å². The summed E-state index contributed by atoms with van der Waals surface area (Å²) >= 11 is 1.30. The van der Waals surface area contributed by atoms with Gasteiger partial charge in [-0.25, -0.2) is 22.8 Å². The first-order valence-electron chi connectivity index (χ1n) is 5.04. The molecule has 17 heavy (non-hydrogen) atoms. The Hall–Kier alpha value is 0.293. The molecule has 0 fully saturated rings. The number of allylic oxidation sites excluding steroid dienone is 8. The van der Waals surface area contributed by atoms with Crippen LogP contribution in [0.15, 0.2) is 34.9 Å². The second-order valence-electron chi connectivity index (χ2n) is 3.36. The van der Waals surface area contributed by atoms with Crippen LogP contribution in [0.25, 0.3) is 0 Å². The van der Waals surface area contributed by atoms with Gasteiger partial charge in [-0.1, -0.05) is 13.8 Å². The van der Waals surface area contributed by atoms with Crippen LogP contribution in [0.2, 0.25) is 0 Å². The van der Waals surface area contributed by atoms with Crippen LogP contribution in [-0.2, 0) is 24.2 Å². The molecule has 0 radical (unpaired) electrons. The molecule has 0 unspecified atom stereocenters. The van der Waals surface area contributed by atoms with Gasteiger partial charge in [-0.05, 0) is 0 Å². The van der Waals surface area contributed by atoms with Gasteiger partial charge in [0.25, 0.3) is 0 Å². The van der Waals surface area contributed by atoms with Gasteiger partial charge in [0.05, 0.1) is 0 Å². The Balaban J connectivity index is -0.000000184. The number of rotatable bonds is 0. The van der Waals surface area contributed by atoms with E-state index in [1.165, 1.54) is 41.0 Å². The van der Waals surface area contributed by atoms with Crippen LogP contribution in [0, 0.1) is 12.2 Å². The van der Waals surface area contributed by atoms with E-state index in [0.717, 1.165) is 12.8 Å². The molecule has 2 aliphatic carbocycles. The van der Waals surface area contributed by atoms with Crippen LogP contribution in [0.3, 0.4) is 0 Å². The van der Waals surface area contributed by atoms with E-state index < -0.39 is 0 Å². The zero-order chi connectivity index (χ0) is 11.7. The van der Waals surface area contributed by atoms with Crippen LogP contribution in [0.4, 0.5) is 0 Å². The standard InChI is InChI=1S/C7H9.C6H7.CH2.2ClH.Zr/c1-6-4-3-5-7(6)2;1-6-4-2-3-5-6;;;;/h4H,3H2,1-2H3;2,4H,3H2,1H3;1H2;2*1H;/q2*-1;;;;+2. The summed E-state index contributed by atoms with van der Waals surface area (Å²) in [4.78, 5) is 0. The molecule has 0 aromatic rings. The zero-order valence-electron chi connectivity index (χ0n) is 10.7. The molecule has 0 atom stereocenters. The predicted octanol–water partition coefficient (Wildman–Crippen LogP) is 4.59. The Bertz CT molecular complexity index is 293. The summed E-state index contributed by atoms with van der Waals surface area (Å²) < 4.78 is 3.34. The molecular formula is C14H20Cl2Zr. The predicted molar refractivity (Wildman–Crippen MR) is 78.6 cm³/mol. The molecule has 2 rings (SSSR count). The molecule has 0 bridgehead atoms. The molecular weight excluding hydrogens is 330 g/mol. The molecule has 0 heterocycles. The molecule has 0 amide bonds. The summed E-state index contributed by atoms with van der Waals surface area (Å²) in [5, 5.41) is 0. The van der Waals surface area contributed by atoms with Crippen molar-refractivity contribution in [3.05, 3.63) is 47.1 Å². The van der Waals surface area contributed by atoms with E-state index in [-0.39, 0.29) is 24.8 Å². The molecule has 0 aliphatic heterocycles. The number of hydrogen-bond acceptors (Lipinski definition) is 0. The minimum atomic E-state index is 0. The van der Waals surface area contributed by atoms with E-state index >= 15 is 0 Å². The molecule has 94 valence electrons. The Labute approximate surface area is 133 Å². The first-order valence-corrected chi connectivity index (χ1v) is 6.78. The van der Waals surface area contributed by atoms with Crippen LogP contribution < -0.4 is 0 Å². The topological polar surface area (TPSA) is 0 Å². The molecule has 3 heteroatoms. The maximum atomic E-state index is 3.34. The van der Waals surface area contributed by atoms with E-state index in [1.54, 1.807) is 0 Å². The molecule has 2 aliphatic rings. The SMILES string of the molecule is CC1=[C-]CC=C1.CC1=[C-]CC=C1C.Cl.Cl.[CH2]=[Zr+2]. The van der Waals surface area contributed by atoms with Crippen LogP contribution in [0.1, 0.15) is 33.6 Å². The van der Waals surface area contributed by atoms with Crippen molar-refractivity contribution in [1.29, 1.82) is 0 Å². The van der Waals surface area contributed by atoms with E-state index in [1.807, 2.05) is 0 Å². The quantitative estimate of drug-likeness (QED) is 0.561. The van der Waals surface area contributed by atoms with Crippen LogP contribution in [-0.4, -0.2) is 4.21 Å². The third-order valence-electron chi connectivity index (χ3n) is 2.23. The fourth-order valence-corrected chi connectivity index (χ4v) is 1.16. The van der Waals surface area contributed by atoms with Gasteiger partial charge >= 0.3 is 28.4 Å². The minimum absolute atomic E-state index is 0.